The molecule has 19 heteroatoms. The van der Waals surface area contributed by atoms with Crippen LogP contribution in [0.3, 0.4) is 0 Å². The zero-order valence-electron chi connectivity index (χ0n) is 56.5. The smallest absolute Gasteiger partial charge is 0.182 e. The second-order valence-electron chi connectivity index (χ2n) is 23.2. The van der Waals surface area contributed by atoms with Crippen LogP contribution in [0.5, 0.6) is 92.0 Å². The Kier molecular flexibility index (Phi) is 21.0. The lowest BCUT2D eigenvalue weighted by Gasteiger charge is -2.36. The van der Waals surface area contributed by atoms with Crippen LogP contribution >= 0.6 is 0 Å². The Morgan fingerprint density at radius 3 is 1.20 bits per heavy atom. The van der Waals surface area contributed by atoms with Crippen molar-refractivity contribution in [3.05, 3.63) is 188 Å². The predicted octanol–water partition coefficient (Wildman–Crippen LogP) is 13.4. The van der Waals surface area contributed by atoms with Crippen molar-refractivity contribution in [3.63, 3.8) is 0 Å². The topological polar surface area (TPSA) is 205 Å². The van der Waals surface area contributed by atoms with Crippen LogP contribution in [0, 0.1) is 27.7 Å². The van der Waals surface area contributed by atoms with Crippen molar-refractivity contribution in [3.8, 4) is 92.0 Å². The number of aliphatic hydroxyl groups excluding tert-OH is 2. The highest BCUT2D eigenvalue weighted by molar-refractivity contribution is 5.94. The fourth-order valence-electron chi connectivity index (χ4n) is 12.6. The highest BCUT2D eigenvalue weighted by atomic mass is 16.5. The number of carbonyl (C=O) groups excluding carboxylic acids is 1. The maximum Gasteiger partial charge on any atom is 0.182 e. The molecule has 4 heterocycles. The number of fused-ring (bicyclic) bond motifs is 4. The SMILES string of the molecule is COc1ccc([C@H]2Oc3c(c(OC)cc(C)c3C3=Cc4c(OC)cc(C)cc4O[C@@H]3c3ccc(OC)c(OC)c3)C[C@@H]2O)cc1OC.COc1ccc([C@H]2Oc3cc(C)cc(OC)c3CC2=O)cc1OC.COc1ccc([C@H]2Oc3cc(C)cc(OC)c3C[C@@H]2O)cc1OC. The van der Waals surface area contributed by atoms with Crippen molar-refractivity contribution >= 4 is 17.4 Å². The van der Waals surface area contributed by atoms with Gasteiger partial charge in [0.25, 0.3) is 0 Å². The van der Waals surface area contributed by atoms with Crippen molar-refractivity contribution in [2.75, 3.05) is 85.3 Å². The van der Waals surface area contributed by atoms with E-state index in [0.29, 0.717) is 93.3 Å². The summed E-state index contributed by atoms with van der Waals surface area (Å²) in [5, 5.41) is 22.1. The first kappa shape index (κ1) is 67.8. The molecule has 0 radical (unpaired) electrons. The van der Waals surface area contributed by atoms with Crippen LogP contribution in [-0.2, 0) is 24.1 Å². The molecule has 19 nitrogen and oxygen atoms in total. The first-order chi connectivity index (χ1) is 45.9. The molecule has 4 aliphatic heterocycles. The first-order valence-corrected chi connectivity index (χ1v) is 30.8. The third-order valence-corrected chi connectivity index (χ3v) is 17.2. The highest BCUT2D eigenvalue weighted by Gasteiger charge is 2.40. The van der Waals surface area contributed by atoms with Gasteiger partial charge in [-0.1, -0.05) is 24.3 Å². The first-order valence-electron chi connectivity index (χ1n) is 30.8. The van der Waals surface area contributed by atoms with Gasteiger partial charge in [-0.15, -0.1) is 0 Å². The molecular formula is C76H82O19. The Morgan fingerprint density at radius 1 is 0.358 bits per heavy atom. The second-order valence-corrected chi connectivity index (χ2v) is 23.2. The van der Waals surface area contributed by atoms with Crippen LogP contribution in [0.1, 0.15) is 96.7 Å². The molecule has 6 atom stereocenters. The minimum atomic E-state index is -0.855. The minimum absolute atomic E-state index is 0.0168. The molecule has 2 N–H and O–H groups in total. The van der Waals surface area contributed by atoms with E-state index in [1.807, 2.05) is 131 Å². The van der Waals surface area contributed by atoms with E-state index < -0.39 is 36.6 Å². The Hall–Kier alpha value is -10.1. The van der Waals surface area contributed by atoms with Crippen LogP contribution < -0.4 is 75.8 Å². The lowest BCUT2D eigenvalue weighted by Crippen LogP contribution is -2.31. The quantitative estimate of drug-likeness (QED) is 0.0869. The summed E-state index contributed by atoms with van der Waals surface area (Å²) >= 11 is 0. The van der Waals surface area contributed by atoms with Gasteiger partial charge in [0.2, 0.25) is 0 Å². The minimum Gasteiger partial charge on any atom is -0.496 e. The molecule has 500 valence electrons. The lowest BCUT2D eigenvalue weighted by molar-refractivity contribution is -0.126. The summed E-state index contributed by atoms with van der Waals surface area (Å²) in [7, 11) is 19.2. The molecule has 0 fully saturated rings. The van der Waals surface area contributed by atoms with E-state index in [2.05, 4.69) is 6.08 Å². The van der Waals surface area contributed by atoms with Crippen LogP contribution in [0.25, 0.3) is 11.6 Å². The number of aliphatic hydroxyl groups is 2. The number of benzene rings is 8. The van der Waals surface area contributed by atoms with Crippen LogP contribution in [0.15, 0.2) is 115 Å². The van der Waals surface area contributed by atoms with Gasteiger partial charge < -0.3 is 86.0 Å². The molecule has 0 bridgehead atoms. The molecule has 12 rings (SSSR count). The van der Waals surface area contributed by atoms with Gasteiger partial charge in [0.1, 0.15) is 64.3 Å². The van der Waals surface area contributed by atoms with Gasteiger partial charge in [0, 0.05) is 58.2 Å². The highest BCUT2D eigenvalue weighted by Crippen LogP contribution is 2.54. The van der Waals surface area contributed by atoms with E-state index in [0.717, 1.165) is 89.4 Å². The summed E-state index contributed by atoms with van der Waals surface area (Å²) in [5.41, 5.74) is 12.2. The molecule has 0 unspecified atom stereocenters. The fraction of sp³-hybridized carbons (Fsp3) is 0.329. The van der Waals surface area contributed by atoms with Crippen molar-refractivity contribution in [1.82, 2.24) is 0 Å². The molecule has 0 aliphatic carbocycles. The third-order valence-electron chi connectivity index (χ3n) is 17.2. The number of methoxy groups -OCH3 is 12. The average Bonchev–Trinajstić information content (AvgIpc) is 0.742. The molecule has 8 aromatic rings. The summed E-state index contributed by atoms with van der Waals surface area (Å²) in [6.07, 6.45) is -0.754. The summed E-state index contributed by atoms with van der Waals surface area (Å²) in [6.45, 7) is 7.98. The summed E-state index contributed by atoms with van der Waals surface area (Å²) < 4.78 is 91.7. The maximum absolute atomic E-state index is 12.6. The molecular weight excluding hydrogens is 1220 g/mol. The van der Waals surface area contributed by atoms with Gasteiger partial charge in [-0.3, -0.25) is 4.79 Å². The van der Waals surface area contributed by atoms with E-state index >= 15 is 0 Å². The Bertz CT molecular complexity index is 4150. The van der Waals surface area contributed by atoms with Gasteiger partial charge in [-0.2, -0.15) is 0 Å². The van der Waals surface area contributed by atoms with Crippen molar-refractivity contribution in [1.29, 1.82) is 0 Å². The predicted molar refractivity (Wildman–Crippen MR) is 359 cm³/mol. The van der Waals surface area contributed by atoms with E-state index in [1.54, 1.807) is 97.5 Å². The van der Waals surface area contributed by atoms with Gasteiger partial charge in [0.15, 0.2) is 57.9 Å². The van der Waals surface area contributed by atoms with E-state index in [4.69, 9.17) is 75.8 Å². The summed E-state index contributed by atoms with van der Waals surface area (Å²) in [4.78, 5) is 12.6. The Balaban J connectivity index is 0.000000172. The lowest BCUT2D eigenvalue weighted by atomic mass is 9.84. The number of carbonyl (C=O) groups is 1. The normalized spacial score (nSPS) is 17.9. The number of ether oxygens (including phenoxy) is 16. The Labute approximate surface area is 554 Å². The van der Waals surface area contributed by atoms with Gasteiger partial charge >= 0.3 is 0 Å². The number of Topliss-reactive ketones (excluding diaryl/α,β-unsaturated/α-hetero) is 1. The van der Waals surface area contributed by atoms with Gasteiger partial charge in [-0.05, 0) is 158 Å². The number of hydrogen-bond donors (Lipinski definition) is 2. The summed E-state index contributed by atoms with van der Waals surface area (Å²) in [5.74, 6) is 10.3. The zero-order chi connectivity index (χ0) is 67.9. The molecule has 0 saturated heterocycles. The van der Waals surface area contributed by atoms with Crippen LogP contribution in [-0.4, -0.2) is 114 Å². The summed E-state index contributed by atoms with van der Waals surface area (Å²) in [6, 6.07) is 36.0. The Morgan fingerprint density at radius 2 is 0.726 bits per heavy atom. The number of hydrogen-bond acceptors (Lipinski definition) is 19. The van der Waals surface area contributed by atoms with Crippen LogP contribution in [0.4, 0.5) is 0 Å². The van der Waals surface area contributed by atoms with Crippen molar-refractivity contribution in [2.24, 2.45) is 0 Å². The van der Waals surface area contributed by atoms with E-state index in [-0.39, 0.29) is 12.2 Å². The van der Waals surface area contributed by atoms with E-state index in [1.165, 1.54) is 0 Å². The number of aryl methyl sites for hydroxylation is 4. The average molecular weight is 1300 g/mol. The zero-order valence-corrected chi connectivity index (χ0v) is 56.5. The largest absolute Gasteiger partial charge is 0.496 e. The molecule has 4 aliphatic rings. The monoisotopic (exact) mass is 1300 g/mol. The molecule has 0 saturated carbocycles. The van der Waals surface area contributed by atoms with E-state index in [9.17, 15) is 15.0 Å². The second kappa shape index (κ2) is 29.5. The maximum atomic E-state index is 12.6. The number of ketones is 1. The number of rotatable bonds is 17. The molecule has 0 aromatic heterocycles. The van der Waals surface area contributed by atoms with Crippen molar-refractivity contribution < 1.29 is 90.8 Å². The standard InChI is InChI=1S/C38H40O9.C19H22O5.C19H20O5/c1-20-13-30(42-5)24-18-26(36(46-32(24)14-20)22-9-11-28(40-3)33(16-22)44-7)35-21(2)15-31(43-6)25-19-27(39)37(47-38(25)35)23-10-12-29(41-4)34(17-23)45-8;2*1-11-7-16(22-3)13-10-14(20)19(24-17(13)8-11)12-5-6-15(21-2)18(9-12)23-4/h9-18,27,36-37,39H,19H2,1-8H3;5-9,14,19-20H,10H2,1-4H3;5-9,19H,10H2,1-4H3/t27-,36+,37+;14-,19+;19-/m001/s1. The van der Waals surface area contributed by atoms with Crippen molar-refractivity contribution in [2.45, 2.75) is 83.6 Å². The molecule has 95 heavy (non-hydrogen) atoms. The molecule has 0 amide bonds. The van der Waals surface area contributed by atoms with Gasteiger partial charge in [-0.25, -0.2) is 0 Å². The fourth-order valence-corrected chi connectivity index (χ4v) is 12.6. The van der Waals surface area contributed by atoms with Gasteiger partial charge in [0.05, 0.1) is 103 Å². The third kappa shape index (κ3) is 13.8. The molecule has 0 spiro atoms. The van der Waals surface area contributed by atoms with Crippen LogP contribution in [0.2, 0.25) is 0 Å². The molecule has 8 aromatic carbocycles.